The molecule has 0 atom stereocenters. The van der Waals surface area contributed by atoms with Crippen LogP contribution in [0.1, 0.15) is 35.1 Å². The summed E-state index contributed by atoms with van der Waals surface area (Å²) in [6.45, 7) is 1.70. The van der Waals surface area contributed by atoms with Crippen LogP contribution in [-0.4, -0.2) is 43.0 Å². The van der Waals surface area contributed by atoms with Crippen LogP contribution in [0.3, 0.4) is 0 Å². The molecular formula is C24H24Cl2N4O3. The number of rotatable bonds is 7. The molecule has 0 N–H and O–H groups in total. The van der Waals surface area contributed by atoms with E-state index in [1.165, 1.54) is 0 Å². The summed E-state index contributed by atoms with van der Waals surface area (Å²) in [5.74, 6) is 0.511. The Morgan fingerprint density at radius 3 is 2.15 bits per heavy atom. The molecule has 0 spiro atoms. The molecule has 0 aliphatic rings. The molecule has 3 aromatic rings. The minimum absolute atomic E-state index is 0.0791. The smallest absolute Gasteiger partial charge is 0.311 e. The fraction of sp³-hybridized carbons (Fsp3) is 0.250. The summed E-state index contributed by atoms with van der Waals surface area (Å²) in [7, 11) is 5.29. The van der Waals surface area contributed by atoms with Crippen LogP contribution in [0.4, 0.5) is 11.5 Å². The van der Waals surface area contributed by atoms with Crippen LogP contribution < -0.4 is 14.5 Å². The normalized spacial score (nSPS) is 10.6. The molecule has 9 heteroatoms. The molecule has 0 saturated carbocycles. The van der Waals surface area contributed by atoms with Gasteiger partial charge < -0.3 is 14.5 Å². The van der Waals surface area contributed by atoms with E-state index < -0.39 is 5.97 Å². The zero-order valence-corrected chi connectivity index (χ0v) is 20.3. The molecule has 3 rings (SSSR count). The molecule has 33 heavy (non-hydrogen) atoms. The van der Waals surface area contributed by atoms with E-state index in [0.29, 0.717) is 28.6 Å². The standard InChI is InChI=1S/C24H24Cl2N4O3/c1-5-20(31)33-21-22(26)27-19(28-23(21)29(2)3)14-15-6-12-18(13-7-15)30(4)24(32)16-8-10-17(25)11-9-16/h6-13H,5,14H2,1-4H3. The van der Waals surface area contributed by atoms with Crippen molar-refractivity contribution >= 4 is 46.6 Å². The Kier molecular flexibility index (Phi) is 7.89. The first-order valence-electron chi connectivity index (χ1n) is 10.3. The number of halogens is 2. The number of aromatic nitrogens is 2. The monoisotopic (exact) mass is 486 g/mol. The topological polar surface area (TPSA) is 75.6 Å². The lowest BCUT2D eigenvalue weighted by Gasteiger charge is -2.18. The van der Waals surface area contributed by atoms with Crippen molar-refractivity contribution in [1.82, 2.24) is 9.97 Å². The maximum atomic E-state index is 12.7. The summed E-state index contributed by atoms with van der Waals surface area (Å²) in [6, 6.07) is 14.3. The molecule has 0 aliphatic heterocycles. The molecule has 1 aromatic heterocycles. The van der Waals surface area contributed by atoms with Gasteiger partial charge in [-0.2, -0.15) is 0 Å². The van der Waals surface area contributed by atoms with Crippen molar-refractivity contribution in [2.24, 2.45) is 0 Å². The number of anilines is 2. The van der Waals surface area contributed by atoms with Crippen molar-refractivity contribution in [1.29, 1.82) is 0 Å². The maximum Gasteiger partial charge on any atom is 0.311 e. The van der Waals surface area contributed by atoms with Crippen molar-refractivity contribution in [3.8, 4) is 5.75 Å². The van der Waals surface area contributed by atoms with Crippen molar-refractivity contribution in [2.75, 3.05) is 30.9 Å². The molecule has 0 saturated heterocycles. The Labute approximate surface area is 202 Å². The van der Waals surface area contributed by atoms with Crippen LogP contribution in [-0.2, 0) is 11.2 Å². The minimum Gasteiger partial charge on any atom is -0.419 e. The molecule has 172 valence electrons. The Morgan fingerprint density at radius 1 is 0.939 bits per heavy atom. The minimum atomic E-state index is -0.413. The fourth-order valence-electron chi connectivity index (χ4n) is 3.03. The Hall–Kier alpha value is -3.16. The third kappa shape index (κ3) is 6.00. The second kappa shape index (κ2) is 10.6. The molecule has 2 aromatic carbocycles. The van der Waals surface area contributed by atoms with Gasteiger partial charge in [-0.3, -0.25) is 9.59 Å². The molecule has 0 unspecified atom stereocenters. The lowest BCUT2D eigenvalue weighted by molar-refractivity contribution is -0.134. The summed E-state index contributed by atoms with van der Waals surface area (Å²) in [5, 5.41) is 0.658. The summed E-state index contributed by atoms with van der Waals surface area (Å²) in [4.78, 5) is 36.6. The number of amides is 1. The largest absolute Gasteiger partial charge is 0.419 e. The Balaban J connectivity index is 1.78. The summed E-state index contributed by atoms with van der Waals surface area (Å²) in [6.07, 6.45) is 0.629. The SMILES string of the molecule is CCC(=O)Oc1c(Cl)nc(Cc2ccc(N(C)C(=O)c3ccc(Cl)cc3)cc2)nc1N(C)C. The molecule has 1 heterocycles. The van der Waals surface area contributed by atoms with Crippen molar-refractivity contribution in [2.45, 2.75) is 19.8 Å². The van der Waals surface area contributed by atoms with E-state index >= 15 is 0 Å². The lowest BCUT2D eigenvalue weighted by Crippen LogP contribution is -2.26. The van der Waals surface area contributed by atoms with E-state index in [2.05, 4.69) is 9.97 Å². The van der Waals surface area contributed by atoms with Crippen LogP contribution in [0.25, 0.3) is 0 Å². The highest BCUT2D eigenvalue weighted by Crippen LogP contribution is 2.32. The van der Waals surface area contributed by atoms with Crippen molar-refractivity contribution in [3.63, 3.8) is 0 Å². The number of carbonyl (C=O) groups excluding carboxylic acids is 2. The van der Waals surface area contributed by atoms with E-state index in [-0.39, 0.29) is 23.2 Å². The molecule has 7 nitrogen and oxygen atoms in total. The highest BCUT2D eigenvalue weighted by molar-refractivity contribution is 6.31. The van der Waals surface area contributed by atoms with Gasteiger partial charge in [-0.1, -0.05) is 42.3 Å². The average molecular weight is 487 g/mol. The van der Waals surface area contributed by atoms with Gasteiger partial charge in [0, 0.05) is 50.3 Å². The van der Waals surface area contributed by atoms with Gasteiger partial charge in [-0.05, 0) is 42.0 Å². The first-order valence-corrected chi connectivity index (χ1v) is 11.0. The van der Waals surface area contributed by atoms with Crippen LogP contribution in [0, 0.1) is 0 Å². The van der Waals surface area contributed by atoms with Gasteiger partial charge in [0.05, 0.1) is 0 Å². The number of esters is 1. The highest BCUT2D eigenvalue weighted by Gasteiger charge is 2.19. The Bertz CT molecular complexity index is 1150. The third-order valence-electron chi connectivity index (χ3n) is 4.86. The van der Waals surface area contributed by atoms with Gasteiger partial charge in [-0.15, -0.1) is 0 Å². The van der Waals surface area contributed by atoms with Gasteiger partial charge in [-0.25, -0.2) is 9.97 Å². The predicted octanol–water partition coefficient (Wildman–Crippen LogP) is 5.03. The van der Waals surface area contributed by atoms with Crippen LogP contribution in [0.15, 0.2) is 48.5 Å². The van der Waals surface area contributed by atoms with Gasteiger partial charge >= 0.3 is 5.97 Å². The Morgan fingerprint density at radius 2 is 1.58 bits per heavy atom. The van der Waals surface area contributed by atoms with E-state index in [1.54, 1.807) is 62.1 Å². The van der Waals surface area contributed by atoms with Crippen LogP contribution >= 0.6 is 23.2 Å². The van der Waals surface area contributed by atoms with Gasteiger partial charge in [0.15, 0.2) is 11.0 Å². The van der Waals surface area contributed by atoms with Crippen molar-refractivity contribution in [3.05, 3.63) is 75.7 Å². The second-order valence-corrected chi connectivity index (χ2v) is 8.31. The third-order valence-corrected chi connectivity index (χ3v) is 5.37. The molecule has 0 fully saturated rings. The number of carbonyl (C=O) groups is 2. The van der Waals surface area contributed by atoms with Crippen LogP contribution in [0.5, 0.6) is 5.75 Å². The van der Waals surface area contributed by atoms with Gasteiger partial charge in [0.25, 0.3) is 5.91 Å². The molecule has 1 amide bonds. The number of hydrogen-bond acceptors (Lipinski definition) is 6. The second-order valence-electron chi connectivity index (χ2n) is 7.52. The fourth-order valence-corrected chi connectivity index (χ4v) is 3.38. The van der Waals surface area contributed by atoms with Crippen LogP contribution in [0.2, 0.25) is 10.2 Å². The average Bonchev–Trinajstić information content (AvgIpc) is 2.80. The molecular weight excluding hydrogens is 463 g/mol. The molecule has 0 radical (unpaired) electrons. The summed E-state index contributed by atoms with van der Waals surface area (Å²) in [5.41, 5.74) is 2.23. The maximum absolute atomic E-state index is 12.7. The van der Waals surface area contributed by atoms with Gasteiger partial charge in [0.2, 0.25) is 5.75 Å². The lowest BCUT2D eigenvalue weighted by atomic mass is 10.1. The molecule has 0 aliphatic carbocycles. The highest BCUT2D eigenvalue weighted by atomic mass is 35.5. The zero-order chi connectivity index (χ0) is 24.1. The number of ether oxygens (including phenoxy) is 1. The van der Waals surface area contributed by atoms with E-state index in [9.17, 15) is 9.59 Å². The van der Waals surface area contributed by atoms with E-state index in [0.717, 1.165) is 11.3 Å². The number of nitrogens with zero attached hydrogens (tertiary/aromatic N) is 4. The van der Waals surface area contributed by atoms with E-state index in [1.807, 2.05) is 24.3 Å². The number of benzene rings is 2. The first-order chi connectivity index (χ1) is 15.7. The first kappa shape index (κ1) is 24.5. The molecule has 0 bridgehead atoms. The summed E-state index contributed by atoms with van der Waals surface area (Å²) >= 11 is 12.2. The van der Waals surface area contributed by atoms with Crippen molar-refractivity contribution < 1.29 is 14.3 Å². The quantitative estimate of drug-likeness (QED) is 0.344. The van der Waals surface area contributed by atoms with E-state index in [4.69, 9.17) is 27.9 Å². The summed E-state index contributed by atoms with van der Waals surface area (Å²) < 4.78 is 5.32. The van der Waals surface area contributed by atoms with Gasteiger partial charge in [0.1, 0.15) is 5.82 Å². The predicted molar refractivity (Wildman–Crippen MR) is 131 cm³/mol. The zero-order valence-electron chi connectivity index (χ0n) is 18.8. The number of hydrogen-bond donors (Lipinski definition) is 0.